The number of thioether (sulfide) groups is 2. The van der Waals surface area contributed by atoms with E-state index in [2.05, 4.69) is 10.3 Å². The Morgan fingerprint density at radius 2 is 2.12 bits per heavy atom. The Hall–Kier alpha value is -0.0300. The number of nitrogens with one attached hydrogen (secondary N) is 1. The summed E-state index contributed by atoms with van der Waals surface area (Å²) < 4.78 is 0. The van der Waals surface area contributed by atoms with E-state index in [9.17, 15) is 0 Å². The lowest BCUT2D eigenvalue weighted by Gasteiger charge is -2.19. The van der Waals surface area contributed by atoms with Crippen LogP contribution in [-0.2, 0) is 0 Å². The predicted octanol–water partition coefficient (Wildman–Crippen LogP) is 1.68. The lowest BCUT2D eigenvalue weighted by Crippen LogP contribution is -2.39. The van der Waals surface area contributed by atoms with Crippen molar-refractivity contribution in [2.45, 2.75) is 37.0 Å². The molecule has 0 aromatic carbocycles. The first-order valence-electron chi connectivity index (χ1n) is 6.10. The monoisotopic (exact) mass is 259 g/mol. The summed E-state index contributed by atoms with van der Waals surface area (Å²) in [6, 6.07) is 0.581. The van der Waals surface area contributed by atoms with E-state index in [1.807, 2.05) is 23.5 Å². The van der Waals surface area contributed by atoms with E-state index in [0.717, 1.165) is 6.54 Å². The van der Waals surface area contributed by atoms with Crippen LogP contribution in [0.2, 0.25) is 0 Å². The Kier molecular flexibility index (Phi) is 5.16. The maximum absolute atomic E-state index is 5.89. The maximum atomic E-state index is 5.89. The van der Waals surface area contributed by atoms with Crippen molar-refractivity contribution in [2.75, 3.05) is 23.8 Å². The maximum Gasteiger partial charge on any atom is 0.188 e. The van der Waals surface area contributed by atoms with Gasteiger partial charge in [0.2, 0.25) is 0 Å². The molecule has 1 atom stereocenters. The molecule has 3 N–H and O–H groups in total. The van der Waals surface area contributed by atoms with Gasteiger partial charge in [-0.3, -0.25) is 4.99 Å². The number of hydrogen-bond acceptors (Lipinski definition) is 3. The molecule has 1 saturated heterocycles. The molecule has 1 aliphatic carbocycles. The number of nitrogens with zero attached hydrogens (tertiary/aromatic N) is 1. The summed E-state index contributed by atoms with van der Waals surface area (Å²) >= 11 is 4.07. The predicted molar refractivity (Wildman–Crippen MR) is 75.5 cm³/mol. The minimum atomic E-state index is 0.581. The Labute approximate surface area is 106 Å². The van der Waals surface area contributed by atoms with Crippen molar-refractivity contribution in [3.05, 3.63) is 0 Å². The van der Waals surface area contributed by atoms with Crippen LogP contribution in [0.25, 0.3) is 0 Å². The quantitative estimate of drug-likeness (QED) is 0.598. The number of hydrogen-bond donors (Lipinski definition) is 2. The van der Waals surface area contributed by atoms with Gasteiger partial charge in [0.25, 0.3) is 0 Å². The second-order valence-corrected chi connectivity index (χ2v) is 6.98. The van der Waals surface area contributed by atoms with Crippen LogP contribution in [0.1, 0.15) is 25.7 Å². The van der Waals surface area contributed by atoms with Crippen molar-refractivity contribution in [3.8, 4) is 0 Å². The average molecular weight is 259 g/mol. The van der Waals surface area contributed by atoms with Crippen LogP contribution in [0.3, 0.4) is 0 Å². The van der Waals surface area contributed by atoms with Gasteiger partial charge in [-0.15, -0.1) is 0 Å². The first-order chi connectivity index (χ1) is 7.84. The van der Waals surface area contributed by atoms with Gasteiger partial charge in [-0.1, -0.05) is 12.8 Å². The van der Waals surface area contributed by atoms with E-state index in [4.69, 9.17) is 5.73 Å². The van der Waals surface area contributed by atoms with Crippen LogP contribution in [0, 0.1) is 0 Å². The van der Waals surface area contributed by atoms with Crippen molar-refractivity contribution in [2.24, 2.45) is 10.7 Å². The fourth-order valence-corrected chi connectivity index (χ4v) is 4.75. The molecule has 0 aromatic rings. The molecule has 2 rings (SSSR count). The lowest BCUT2D eigenvalue weighted by molar-refractivity contribution is 0.625. The molecule has 1 heterocycles. The molecule has 2 fully saturated rings. The van der Waals surface area contributed by atoms with Gasteiger partial charge >= 0.3 is 0 Å². The standard InChI is InChI=1S/C11H21N3S2/c12-11(14-9-3-1-2-4-9)13-7-10-8-15-5-6-16-10/h9-10H,1-8H2,(H3,12,13,14). The van der Waals surface area contributed by atoms with E-state index in [0.29, 0.717) is 17.3 Å². The Balaban J connectivity index is 1.68. The fraction of sp³-hybridized carbons (Fsp3) is 0.909. The molecule has 0 amide bonds. The zero-order valence-corrected chi connectivity index (χ0v) is 11.3. The molecule has 0 spiro atoms. The molecule has 2 aliphatic rings. The molecule has 0 bridgehead atoms. The molecule has 0 radical (unpaired) electrons. The highest BCUT2D eigenvalue weighted by Gasteiger charge is 2.16. The SMILES string of the molecule is NC(=NCC1CSCCS1)NC1CCCC1. The number of aliphatic imine (C=N–C) groups is 1. The fourth-order valence-electron chi connectivity index (χ4n) is 2.17. The second kappa shape index (κ2) is 6.64. The lowest BCUT2D eigenvalue weighted by atomic mass is 10.2. The van der Waals surface area contributed by atoms with Crippen molar-refractivity contribution >= 4 is 29.5 Å². The van der Waals surface area contributed by atoms with Crippen LogP contribution in [-0.4, -0.2) is 41.1 Å². The van der Waals surface area contributed by atoms with E-state index in [-0.39, 0.29) is 0 Å². The second-order valence-electron chi connectivity index (χ2n) is 4.42. The molecule has 1 unspecified atom stereocenters. The van der Waals surface area contributed by atoms with Gasteiger partial charge < -0.3 is 11.1 Å². The van der Waals surface area contributed by atoms with Gasteiger partial charge in [-0.05, 0) is 12.8 Å². The highest BCUT2D eigenvalue weighted by Crippen LogP contribution is 2.24. The molecular formula is C11H21N3S2. The first kappa shape index (κ1) is 12.4. The molecule has 1 aliphatic heterocycles. The number of rotatable bonds is 3. The van der Waals surface area contributed by atoms with Crippen LogP contribution in [0.4, 0.5) is 0 Å². The summed E-state index contributed by atoms with van der Waals surface area (Å²) in [5, 5.41) is 4.00. The van der Waals surface area contributed by atoms with Crippen LogP contribution < -0.4 is 11.1 Å². The zero-order chi connectivity index (χ0) is 11.2. The van der Waals surface area contributed by atoms with Crippen LogP contribution in [0.5, 0.6) is 0 Å². The molecule has 1 saturated carbocycles. The van der Waals surface area contributed by atoms with Crippen molar-refractivity contribution < 1.29 is 0 Å². The van der Waals surface area contributed by atoms with Crippen LogP contribution >= 0.6 is 23.5 Å². The molecule has 5 heteroatoms. The van der Waals surface area contributed by atoms with Crippen molar-refractivity contribution in [1.82, 2.24) is 5.32 Å². The highest BCUT2D eigenvalue weighted by molar-refractivity contribution is 8.06. The van der Waals surface area contributed by atoms with Gasteiger partial charge in [0.15, 0.2) is 5.96 Å². The van der Waals surface area contributed by atoms with Crippen molar-refractivity contribution in [3.63, 3.8) is 0 Å². The highest BCUT2D eigenvalue weighted by atomic mass is 32.2. The Morgan fingerprint density at radius 1 is 1.31 bits per heavy atom. The first-order valence-corrected chi connectivity index (χ1v) is 8.31. The van der Waals surface area contributed by atoms with E-state index in [1.54, 1.807) is 0 Å². The van der Waals surface area contributed by atoms with Gasteiger partial charge in [-0.25, -0.2) is 0 Å². The third kappa shape index (κ3) is 4.09. The summed E-state index contributed by atoms with van der Waals surface area (Å²) in [7, 11) is 0. The summed E-state index contributed by atoms with van der Waals surface area (Å²) in [5.74, 6) is 4.44. The minimum Gasteiger partial charge on any atom is -0.370 e. The van der Waals surface area contributed by atoms with Gasteiger partial charge in [0.05, 0.1) is 6.54 Å². The third-order valence-corrected chi connectivity index (χ3v) is 5.88. The largest absolute Gasteiger partial charge is 0.370 e. The minimum absolute atomic E-state index is 0.581. The summed E-state index contributed by atoms with van der Waals surface area (Å²) in [5.41, 5.74) is 5.89. The third-order valence-electron chi connectivity index (χ3n) is 3.06. The summed E-state index contributed by atoms with van der Waals surface area (Å²) in [6.07, 6.45) is 5.18. The van der Waals surface area contributed by atoms with Crippen LogP contribution in [0.15, 0.2) is 4.99 Å². The number of guanidine groups is 1. The Bertz CT molecular complexity index is 233. The normalized spacial score (nSPS) is 28.2. The smallest absolute Gasteiger partial charge is 0.188 e. The molecule has 92 valence electrons. The van der Waals surface area contributed by atoms with Gasteiger partial charge in [0.1, 0.15) is 0 Å². The van der Waals surface area contributed by atoms with E-state index in [1.165, 1.54) is 42.9 Å². The van der Waals surface area contributed by atoms with Gasteiger partial charge in [0, 0.05) is 28.6 Å². The summed E-state index contributed by atoms with van der Waals surface area (Å²) in [6.45, 7) is 0.878. The summed E-state index contributed by atoms with van der Waals surface area (Å²) in [4.78, 5) is 4.46. The molecule has 0 aromatic heterocycles. The van der Waals surface area contributed by atoms with E-state index < -0.39 is 0 Å². The molecule has 3 nitrogen and oxygen atoms in total. The van der Waals surface area contributed by atoms with E-state index >= 15 is 0 Å². The van der Waals surface area contributed by atoms with Crippen molar-refractivity contribution in [1.29, 1.82) is 0 Å². The number of nitrogens with two attached hydrogens (primary N) is 1. The molecular weight excluding hydrogens is 238 g/mol. The zero-order valence-electron chi connectivity index (χ0n) is 9.65. The molecule has 16 heavy (non-hydrogen) atoms. The van der Waals surface area contributed by atoms with Gasteiger partial charge in [-0.2, -0.15) is 23.5 Å². The topological polar surface area (TPSA) is 50.4 Å². The average Bonchev–Trinajstić information content (AvgIpc) is 2.81. The Morgan fingerprint density at radius 3 is 2.81 bits per heavy atom.